The number of nitrogens with zero attached hydrogens (tertiary/aromatic N) is 12. The van der Waals surface area contributed by atoms with E-state index in [2.05, 4.69) is 53.6 Å². The summed E-state index contributed by atoms with van der Waals surface area (Å²) in [4.78, 5) is 113. The van der Waals surface area contributed by atoms with Crippen molar-refractivity contribution in [3.05, 3.63) is 157 Å². The van der Waals surface area contributed by atoms with Crippen LogP contribution in [0.5, 0.6) is 17.6 Å². The Kier molecular flexibility index (Phi) is 21.6. The van der Waals surface area contributed by atoms with Crippen molar-refractivity contribution in [1.82, 2.24) is 44.4 Å². The molecule has 3 fully saturated rings. The van der Waals surface area contributed by atoms with Gasteiger partial charge >= 0.3 is 0 Å². The van der Waals surface area contributed by atoms with E-state index >= 15 is 0 Å². The monoisotopic (exact) mass is 1370 g/mol. The van der Waals surface area contributed by atoms with Crippen molar-refractivity contribution in [3.8, 4) is 17.6 Å². The average molecular weight is 1380 g/mol. The highest BCUT2D eigenvalue weighted by atomic mass is 35.5. The van der Waals surface area contributed by atoms with Crippen LogP contribution in [0.2, 0.25) is 15.1 Å². The standard InChI is InChI=1S/2C22H24ClN5O3.C21H22ClN5O5S/c2*1-13-4-3-9-27(13)10-11-28-21(29)15-6-5-14(12-16(15)22(28)30)26-19(24)18-17(23)7-8-25-20(18)31-2;1-32-19-17(16(22)4-5-24-19)18(23)25-13-2-3-14-15(12-13)21(29)27(20(14)28)7-6-26-8-10-33(30,31)11-9-26/h2*5-8,12-13H,3-4,9-11H2,1-2H3,(H2,24,26);2-5,12H,6-11H2,1H3,(H2,23,25)/t13-;;/m1../s1. The van der Waals surface area contributed by atoms with Crippen LogP contribution >= 0.6 is 34.8 Å². The van der Waals surface area contributed by atoms with Gasteiger partial charge in [0, 0.05) is 83.0 Å². The summed E-state index contributed by atoms with van der Waals surface area (Å²) in [7, 11) is 1.37. The number of imide groups is 3. The molecule has 3 aromatic carbocycles. The number of methoxy groups -OCH3 is 3. The van der Waals surface area contributed by atoms with Gasteiger partial charge in [-0.05, 0) is 125 Å². The summed E-state index contributed by atoms with van der Waals surface area (Å²) in [6.07, 6.45) is 9.10. The summed E-state index contributed by atoms with van der Waals surface area (Å²) in [5.74, 6) is -0.810. The van der Waals surface area contributed by atoms with E-state index in [9.17, 15) is 37.2 Å². The first kappa shape index (κ1) is 68.9. The second-order valence-electron chi connectivity index (χ2n) is 23.0. The first-order valence-corrected chi connectivity index (χ1v) is 33.5. The topological polar surface area (TPSA) is 338 Å². The minimum absolute atomic E-state index is 0.0542. The van der Waals surface area contributed by atoms with Crippen LogP contribution in [0.4, 0.5) is 17.1 Å². The molecule has 3 saturated heterocycles. The van der Waals surface area contributed by atoms with Gasteiger partial charge in [0.2, 0.25) is 17.6 Å². The Balaban J connectivity index is 0.000000155. The number of likely N-dealkylation sites (tertiary alicyclic amines) is 2. The maximum atomic E-state index is 12.9. The fourth-order valence-electron chi connectivity index (χ4n) is 12.0. The molecular weight excluding hydrogens is 1310 g/mol. The molecule has 498 valence electrons. The number of fused-ring (bicyclic) bond motifs is 3. The predicted octanol–water partition coefficient (Wildman–Crippen LogP) is 6.83. The van der Waals surface area contributed by atoms with Crippen LogP contribution in [-0.2, 0) is 9.84 Å². The number of sulfone groups is 1. The zero-order valence-corrected chi connectivity index (χ0v) is 55.8. The highest BCUT2D eigenvalue weighted by Gasteiger charge is 2.39. The molecule has 26 nitrogen and oxygen atoms in total. The van der Waals surface area contributed by atoms with Crippen molar-refractivity contribution >= 4 is 115 Å². The van der Waals surface area contributed by atoms with Crippen LogP contribution in [0, 0.1) is 0 Å². The Bertz CT molecular complexity index is 4070. The zero-order valence-electron chi connectivity index (χ0n) is 52.8. The predicted molar refractivity (Wildman–Crippen MR) is 360 cm³/mol. The molecule has 95 heavy (non-hydrogen) atoms. The second-order valence-corrected chi connectivity index (χ2v) is 26.6. The first-order chi connectivity index (χ1) is 45.5. The lowest BCUT2D eigenvalue weighted by Crippen LogP contribution is -2.45. The SMILES string of the molecule is COc1nccc(Cl)c1C(N)=Nc1ccc2c(c1)C(=O)N(CCN1CCCC1C)C2=O.COc1nccc(Cl)c1C(N)=Nc1ccc2c(c1)C(=O)N(CCN1CCC[C@H]1C)C2=O.COc1nccc(Cl)c1C(N)=Nc1ccc2c(c1)C(=O)N(CCN1CCS(=O)(=O)CC1)C2=O. The second kappa shape index (κ2) is 29.8. The van der Waals surface area contributed by atoms with Gasteiger partial charge in [-0.2, -0.15) is 0 Å². The van der Waals surface area contributed by atoms with Crippen molar-refractivity contribution in [2.45, 2.75) is 51.6 Å². The molecule has 0 spiro atoms. The average Bonchev–Trinajstić information content (AvgIpc) is 1.69. The molecule has 9 heterocycles. The molecule has 1 unspecified atom stereocenters. The third kappa shape index (κ3) is 15.1. The van der Waals surface area contributed by atoms with Crippen LogP contribution in [0.25, 0.3) is 0 Å². The number of aliphatic imine (C=N–C) groups is 3. The van der Waals surface area contributed by atoms with E-state index in [1.807, 2.05) is 4.90 Å². The number of carbonyl (C=O) groups is 6. The van der Waals surface area contributed by atoms with Crippen LogP contribution in [0.1, 0.15) is 118 Å². The van der Waals surface area contributed by atoms with Gasteiger partial charge in [-0.1, -0.05) is 34.8 Å². The number of nitrogens with two attached hydrogens (primary N) is 3. The van der Waals surface area contributed by atoms with Gasteiger partial charge in [0.15, 0.2) is 9.84 Å². The number of pyridine rings is 3. The van der Waals surface area contributed by atoms with E-state index in [1.54, 1.807) is 60.7 Å². The largest absolute Gasteiger partial charge is 0.480 e. The van der Waals surface area contributed by atoms with Crippen molar-refractivity contribution in [3.63, 3.8) is 0 Å². The molecule has 2 atom stereocenters. The first-order valence-electron chi connectivity index (χ1n) is 30.5. The highest BCUT2D eigenvalue weighted by Crippen LogP contribution is 2.34. The molecule has 6 aliphatic heterocycles. The third-order valence-corrected chi connectivity index (χ3v) is 19.8. The van der Waals surface area contributed by atoms with Crippen LogP contribution in [0.15, 0.2) is 106 Å². The molecule has 6 N–H and O–H groups in total. The lowest BCUT2D eigenvalue weighted by molar-refractivity contribution is 0.0619. The van der Waals surface area contributed by atoms with Crippen LogP contribution in [-0.4, -0.2) is 216 Å². The van der Waals surface area contributed by atoms with E-state index in [0.29, 0.717) is 129 Å². The number of rotatable bonds is 18. The summed E-state index contributed by atoms with van der Waals surface area (Å²) in [5, 5.41) is 1.01. The molecule has 0 saturated carbocycles. The molecule has 6 amide bonds. The van der Waals surface area contributed by atoms with E-state index < -0.39 is 15.7 Å². The van der Waals surface area contributed by atoms with Crippen molar-refractivity contribution in [2.24, 2.45) is 32.2 Å². The Morgan fingerprint density at radius 1 is 0.463 bits per heavy atom. The van der Waals surface area contributed by atoms with Crippen LogP contribution in [0.3, 0.4) is 0 Å². The summed E-state index contributed by atoms with van der Waals surface area (Å²) in [6.45, 7) is 9.85. The number of carbonyl (C=O) groups excluding carboxylic acids is 6. The maximum Gasteiger partial charge on any atom is 0.261 e. The van der Waals surface area contributed by atoms with E-state index in [-0.39, 0.29) is 93.9 Å². The maximum absolute atomic E-state index is 12.9. The fourth-order valence-corrected chi connectivity index (χ4v) is 14.0. The fraction of sp³-hybridized carbons (Fsp3) is 0.354. The van der Waals surface area contributed by atoms with Crippen molar-refractivity contribution in [2.75, 3.05) is 98.3 Å². The van der Waals surface area contributed by atoms with E-state index in [1.165, 1.54) is 66.8 Å². The van der Waals surface area contributed by atoms with E-state index in [0.717, 1.165) is 38.8 Å². The summed E-state index contributed by atoms with van der Waals surface area (Å²) >= 11 is 18.7. The van der Waals surface area contributed by atoms with Crippen molar-refractivity contribution < 1.29 is 51.4 Å². The van der Waals surface area contributed by atoms with Gasteiger partial charge in [0.05, 0.1) is 115 Å². The summed E-state index contributed by atoms with van der Waals surface area (Å²) in [5.41, 5.74) is 22.7. The Morgan fingerprint density at radius 2 is 0.768 bits per heavy atom. The molecule has 0 radical (unpaired) electrons. The van der Waals surface area contributed by atoms with Crippen molar-refractivity contribution in [1.29, 1.82) is 0 Å². The lowest BCUT2D eigenvalue weighted by Gasteiger charge is -2.27. The molecule has 3 aromatic heterocycles. The van der Waals surface area contributed by atoms with Gasteiger partial charge in [0.25, 0.3) is 35.4 Å². The number of hydrogen-bond acceptors (Lipinski definition) is 20. The third-order valence-electron chi connectivity index (χ3n) is 17.2. The smallest absolute Gasteiger partial charge is 0.261 e. The molecule has 6 aromatic rings. The molecule has 0 bridgehead atoms. The number of aromatic nitrogens is 3. The number of amidine groups is 3. The molecule has 30 heteroatoms. The van der Waals surface area contributed by atoms with Gasteiger partial charge in [-0.25, -0.2) is 38.3 Å². The Hall–Kier alpha value is -8.96. The minimum atomic E-state index is -2.99. The van der Waals surface area contributed by atoms with Gasteiger partial charge in [0.1, 0.15) is 17.5 Å². The summed E-state index contributed by atoms with van der Waals surface area (Å²) < 4.78 is 38.8. The molecular formula is C65H70Cl3N15O11S. The zero-order chi connectivity index (χ0) is 68.0. The minimum Gasteiger partial charge on any atom is -0.480 e. The number of amides is 6. The highest BCUT2D eigenvalue weighted by molar-refractivity contribution is 7.91. The number of halogens is 3. The van der Waals surface area contributed by atoms with Gasteiger partial charge < -0.3 is 31.4 Å². The van der Waals surface area contributed by atoms with Crippen LogP contribution < -0.4 is 31.4 Å². The Morgan fingerprint density at radius 3 is 1.06 bits per heavy atom. The number of ether oxygens (including phenoxy) is 3. The Labute approximate surface area is 563 Å². The molecule has 12 rings (SSSR count). The normalized spacial score (nSPS) is 19.0. The van der Waals surface area contributed by atoms with Gasteiger partial charge in [-0.3, -0.25) is 58.2 Å². The van der Waals surface area contributed by atoms with E-state index in [4.69, 9.17) is 66.2 Å². The van der Waals surface area contributed by atoms with Gasteiger partial charge in [-0.15, -0.1) is 0 Å². The molecule has 6 aliphatic rings. The summed E-state index contributed by atoms with van der Waals surface area (Å²) in [6, 6.07) is 20.0. The number of benzene rings is 3. The number of hydrogen-bond donors (Lipinski definition) is 3. The lowest BCUT2D eigenvalue weighted by atomic mass is 10.1. The molecule has 0 aliphatic carbocycles. The quantitative estimate of drug-likeness (QED) is 0.0451.